The van der Waals surface area contributed by atoms with Crippen molar-refractivity contribution in [1.82, 2.24) is 15.6 Å². The van der Waals surface area contributed by atoms with Gasteiger partial charge in [0.1, 0.15) is 22.6 Å². The molecule has 0 saturated carbocycles. The molecule has 1 aliphatic heterocycles. The van der Waals surface area contributed by atoms with Crippen LogP contribution in [0, 0.1) is 12.8 Å². The molecular weight excluding hydrogens is 498 g/mol. The molecule has 0 bridgehead atoms. The molecule has 0 aliphatic carbocycles. The quantitative estimate of drug-likeness (QED) is 0.330. The fraction of sp³-hybridized carbons (Fsp3) is 0.500. The van der Waals surface area contributed by atoms with Crippen molar-refractivity contribution in [3.8, 4) is 0 Å². The summed E-state index contributed by atoms with van der Waals surface area (Å²) in [5.41, 5.74) is 0.0363. The number of aromatic nitrogens is 1. The summed E-state index contributed by atoms with van der Waals surface area (Å²) in [5.74, 6) is -2.19. The number of hydrogen-bond acceptors (Lipinski definition) is 9. The van der Waals surface area contributed by atoms with E-state index in [9.17, 15) is 19.2 Å². The highest BCUT2D eigenvalue weighted by atomic mass is 32.1. The summed E-state index contributed by atoms with van der Waals surface area (Å²) in [6.07, 6.45) is 1.71. The Morgan fingerprint density at radius 1 is 1.08 bits per heavy atom. The van der Waals surface area contributed by atoms with Gasteiger partial charge in [-0.2, -0.15) is 0 Å². The second-order valence-corrected chi connectivity index (χ2v) is 10.4. The van der Waals surface area contributed by atoms with E-state index in [0.717, 1.165) is 5.56 Å². The molecule has 37 heavy (non-hydrogen) atoms. The summed E-state index contributed by atoms with van der Waals surface area (Å²) in [5, 5.41) is 6.01. The lowest BCUT2D eigenvalue weighted by atomic mass is 9.84. The molecule has 2 aromatic rings. The maximum atomic E-state index is 13.3. The number of carbonyl (C=O) groups excluding carboxylic acids is 4. The second-order valence-electron chi connectivity index (χ2n) is 9.18. The standard InChI is InChI=1S/C26H33N3O7S/c1-16-27-12-22(37-16)25(33)29-20(14-35-4)24(32)28-19(13-34-3)21(30)11-18(23(31)26(2)15-36-26)10-17-8-6-5-7-9-17/h5-9,12,18-20H,10-11,13-15H2,1-4H3,(H,28,32)(H,29,33)/t18-,19+,20+,26-/m1/s1. The monoisotopic (exact) mass is 531 g/mol. The number of hydrogen-bond donors (Lipinski definition) is 2. The van der Waals surface area contributed by atoms with Gasteiger partial charge in [0.15, 0.2) is 11.6 Å². The Hall–Kier alpha value is -2.99. The van der Waals surface area contributed by atoms with Gasteiger partial charge in [-0.25, -0.2) is 4.98 Å². The first kappa shape index (κ1) is 28.6. The Balaban J connectivity index is 1.70. The van der Waals surface area contributed by atoms with Gasteiger partial charge < -0.3 is 24.8 Å². The van der Waals surface area contributed by atoms with E-state index in [1.54, 1.807) is 13.8 Å². The Morgan fingerprint density at radius 3 is 2.30 bits per heavy atom. The molecule has 0 radical (unpaired) electrons. The van der Waals surface area contributed by atoms with Crippen molar-refractivity contribution in [1.29, 1.82) is 0 Å². The highest BCUT2D eigenvalue weighted by Gasteiger charge is 2.50. The molecule has 1 aliphatic rings. The van der Waals surface area contributed by atoms with Crippen molar-refractivity contribution in [3.05, 3.63) is 52.0 Å². The Bertz CT molecular complexity index is 1100. The summed E-state index contributed by atoms with van der Waals surface area (Å²) in [6, 6.07) is 7.37. The average Bonchev–Trinajstić information content (AvgIpc) is 3.48. The number of thiazole rings is 1. The highest BCUT2D eigenvalue weighted by Crippen LogP contribution is 2.32. The number of ether oxygens (including phenoxy) is 3. The SMILES string of the molecule is COC[C@H](NC(=O)[C@H](COC)NC(=O)c1cnc(C)s1)C(=O)C[C@@H](Cc1ccccc1)C(=O)[C@@]1(C)CO1. The van der Waals surface area contributed by atoms with Crippen LogP contribution in [0.1, 0.15) is 33.6 Å². The van der Waals surface area contributed by atoms with Crippen LogP contribution in [0.4, 0.5) is 0 Å². The van der Waals surface area contributed by atoms with E-state index >= 15 is 0 Å². The van der Waals surface area contributed by atoms with E-state index < -0.39 is 35.4 Å². The number of nitrogens with zero attached hydrogens (tertiary/aromatic N) is 1. The molecule has 11 heteroatoms. The van der Waals surface area contributed by atoms with Crippen molar-refractivity contribution in [2.75, 3.05) is 34.0 Å². The fourth-order valence-corrected chi connectivity index (χ4v) is 4.60. The van der Waals surface area contributed by atoms with Crippen molar-refractivity contribution in [3.63, 3.8) is 0 Å². The van der Waals surface area contributed by atoms with Crippen molar-refractivity contribution in [2.24, 2.45) is 5.92 Å². The van der Waals surface area contributed by atoms with Crippen LogP contribution < -0.4 is 10.6 Å². The molecule has 2 amide bonds. The van der Waals surface area contributed by atoms with Crippen LogP contribution in [0.25, 0.3) is 0 Å². The molecule has 2 N–H and O–H groups in total. The minimum absolute atomic E-state index is 0.0910. The second kappa shape index (κ2) is 13.0. The summed E-state index contributed by atoms with van der Waals surface area (Å²) in [4.78, 5) is 56.5. The summed E-state index contributed by atoms with van der Waals surface area (Å²) >= 11 is 1.20. The van der Waals surface area contributed by atoms with Gasteiger partial charge in [0, 0.05) is 26.6 Å². The average molecular weight is 532 g/mol. The van der Waals surface area contributed by atoms with E-state index in [-0.39, 0.29) is 31.2 Å². The minimum Gasteiger partial charge on any atom is -0.382 e. The number of aryl methyl sites for hydroxylation is 1. The molecule has 1 fully saturated rings. The van der Waals surface area contributed by atoms with Gasteiger partial charge in [0.05, 0.1) is 31.0 Å². The zero-order valence-electron chi connectivity index (χ0n) is 21.4. The third-order valence-electron chi connectivity index (χ3n) is 6.08. The van der Waals surface area contributed by atoms with Gasteiger partial charge >= 0.3 is 0 Å². The molecule has 1 aromatic carbocycles. The number of carbonyl (C=O) groups is 4. The van der Waals surface area contributed by atoms with Crippen molar-refractivity contribution in [2.45, 2.75) is 44.4 Å². The number of amides is 2. The normalized spacial score (nSPS) is 18.9. The Labute approximate surface area is 220 Å². The molecular formula is C26H33N3O7S. The largest absolute Gasteiger partial charge is 0.382 e. The van der Waals surface area contributed by atoms with Crippen LogP contribution in [0.2, 0.25) is 0 Å². The minimum atomic E-state index is -1.05. The van der Waals surface area contributed by atoms with Gasteiger partial charge in [-0.05, 0) is 25.8 Å². The Kier molecular flexibility index (Phi) is 10.0. The molecule has 2 heterocycles. The number of epoxide rings is 1. The van der Waals surface area contributed by atoms with Crippen LogP contribution in [0.15, 0.2) is 36.5 Å². The van der Waals surface area contributed by atoms with E-state index in [0.29, 0.717) is 22.9 Å². The van der Waals surface area contributed by atoms with Crippen molar-refractivity contribution >= 4 is 34.7 Å². The first-order chi connectivity index (χ1) is 17.7. The van der Waals surface area contributed by atoms with Crippen molar-refractivity contribution < 1.29 is 33.4 Å². The number of benzene rings is 1. The summed E-state index contributed by atoms with van der Waals surface area (Å²) in [6.45, 7) is 3.61. The first-order valence-electron chi connectivity index (χ1n) is 11.9. The molecule has 0 spiro atoms. The maximum Gasteiger partial charge on any atom is 0.263 e. The van der Waals surface area contributed by atoms with Gasteiger partial charge in [-0.15, -0.1) is 11.3 Å². The van der Waals surface area contributed by atoms with Gasteiger partial charge in [-0.3, -0.25) is 19.2 Å². The lowest BCUT2D eigenvalue weighted by Gasteiger charge is -2.24. The topological polar surface area (TPSA) is 136 Å². The number of rotatable bonds is 15. The predicted molar refractivity (Wildman–Crippen MR) is 136 cm³/mol. The molecule has 200 valence electrons. The van der Waals surface area contributed by atoms with Crippen LogP contribution in [-0.4, -0.2) is 80.1 Å². The molecule has 1 saturated heterocycles. The predicted octanol–water partition coefficient (Wildman–Crippen LogP) is 1.50. The summed E-state index contributed by atoms with van der Waals surface area (Å²) < 4.78 is 15.7. The fourth-order valence-electron chi connectivity index (χ4n) is 3.92. The smallest absolute Gasteiger partial charge is 0.263 e. The van der Waals surface area contributed by atoms with E-state index in [1.165, 1.54) is 31.8 Å². The van der Waals surface area contributed by atoms with Crippen LogP contribution >= 0.6 is 11.3 Å². The van der Waals surface area contributed by atoms with Crippen LogP contribution in [0.3, 0.4) is 0 Å². The van der Waals surface area contributed by atoms with Crippen LogP contribution in [-0.2, 0) is 35.0 Å². The number of ketones is 2. The third-order valence-corrected chi connectivity index (χ3v) is 6.99. The highest BCUT2D eigenvalue weighted by molar-refractivity contribution is 7.13. The van der Waals surface area contributed by atoms with E-state index in [2.05, 4.69) is 15.6 Å². The number of methoxy groups -OCH3 is 2. The Morgan fingerprint density at radius 2 is 1.73 bits per heavy atom. The van der Waals surface area contributed by atoms with E-state index in [1.807, 2.05) is 30.3 Å². The molecule has 0 unspecified atom stereocenters. The third kappa shape index (κ3) is 8.00. The van der Waals surface area contributed by atoms with E-state index in [4.69, 9.17) is 14.2 Å². The first-order valence-corrected chi connectivity index (χ1v) is 12.7. The van der Waals surface area contributed by atoms with Crippen LogP contribution in [0.5, 0.6) is 0 Å². The van der Waals surface area contributed by atoms with Gasteiger partial charge in [0.2, 0.25) is 5.91 Å². The zero-order chi connectivity index (χ0) is 27.0. The molecule has 3 rings (SSSR count). The number of nitrogens with one attached hydrogen (secondary N) is 2. The number of Topliss-reactive ketones (excluding diaryl/α,β-unsaturated/α-hetero) is 2. The maximum absolute atomic E-state index is 13.3. The zero-order valence-corrected chi connectivity index (χ0v) is 22.3. The van der Waals surface area contributed by atoms with Gasteiger partial charge in [-0.1, -0.05) is 30.3 Å². The molecule has 4 atom stereocenters. The molecule has 1 aromatic heterocycles. The lowest BCUT2D eigenvalue weighted by Crippen LogP contribution is -2.54. The van der Waals surface area contributed by atoms with Gasteiger partial charge in [0.25, 0.3) is 5.91 Å². The lowest BCUT2D eigenvalue weighted by molar-refractivity contribution is -0.134. The molecule has 10 nitrogen and oxygen atoms in total. The summed E-state index contributed by atoms with van der Waals surface area (Å²) in [7, 11) is 2.82.